The van der Waals surface area contributed by atoms with E-state index in [0.717, 1.165) is 14.6 Å². The summed E-state index contributed by atoms with van der Waals surface area (Å²) in [5.41, 5.74) is 0. The van der Waals surface area contributed by atoms with Crippen LogP contribution in [-0.2, 0) is 6.61 Å². The van der Waals surface area contributed by atoms with Gasteiger partial charge in [-0.1, -0.05) is 34.5 Å². The Labute approximate surface area is 126 Å². The molecule has 0 saturated carbocycles. The van der Waals surface area contributed by atoms with Gasteiger partial charge in [-0.15, -0.1) is 10.2 Å². The largest absolute Gasteiger partial charge is 0.485 e. The molecule has 1 N–H and O–H groups in total. The minimum atomic E-state index is 0.303. The summed E-state index contributed by atoms with van der Waals surface area (Å²) in [7, 11) is 1.79. The van der Waals surface area contributed by atoms with Crippen LogP contribution in [0.4, 0.5) is 5.13 Å². The summed E-state index contributed by atoms with van der Waals surface area (Å²) in [4.78, 5) is 0. The Morgan fingerprint density at radius 2 is 2.11 bits per heavy atom. The first-order valence-electron chi connectivity index (χ1n) is 4.87. The molecule has 1 aromatic carbocycles. The summed E-state index contributed by atoms with van der Waals surface area (Å²) >= 11 is 16.7. The molecular formula is C10H8BrCl2N3OS. The zero-order chi connectivity index (χ0) is 13.1. The van der Waals surface area contributed by atoms with Crippen LogP contribution in [0.2, 0.25) is 10.0 Å². The van der Waals surface area contributed by atoms with E-state index in [0.29, 0.717) is 22.4 Å². The average Bonchev–Trinajstić information content (AvgIpc) is 2.80. The fourth-order valence-corrected chi connectivity index (χ4v) is 2.62. The van der Waals surface area contributed by atoms with Gasteiger partial charge in [0.2, 0.25) is 5.13 Å². The van der Waals surface area contributed by atoms with E-state index in [1.165, 1.54) is 11.3 Å². The number of hydrogen-bond acceptors (Lipinski definition) is 5. The third-order valence-corrected chi connectivity index (χ3v) is 4.41. The molecule has 0 spiro atoms. The lowest BCUT2D eigenvalue weighted by Gasteiger charge is -2.07. The lowest BCUT2D eigenvalue weighted by molar-refractivity contribution is 0.304. The Morgan fingerprint density at radius 1 is 1.33 bits per heavy atom. The summed E-state index contributed by atoms with van der Waals surface area (Å²) in [5.74, 6) is 0.520. The first-order chi connectivity index (χ1) is 8.60. The summed E-state index contributed by atoms with van der Waals surface area (Å²) < 4.78 is 6.29. The van der Waals surface area contributed by atoms with Crippen molar-refractivity contribution in [2.45, 2.75) is 6.61 Å². The van der Waals surface area contributed by atoms with Crippen LogP contribution in [0.25, 0.3) is 0 Å². The smallest absolute Gasteiger partial charge is 0.205 e. The second-order valence-corrected chi connectivity index (χ2v) is 5.97. The maximum atomic E-state index is 6.04. The zero-order valence-corrected chi connectivity index (χ0v) is 13.1. The van der Waals surface area contributed by atoms with Crippen LogP contribution in [0, 0.1) is 0 Å². The summed E-state index contributed by atoms with van der Waals surface area (Å²) in [5, 5.41) is 13.3. The highest BCUT2D eigenvalue weighted by Gasteiger charge is 2.09. The summed E-state index contributed by atoms with van der Waals surface area (Å²) in [6, 6.07) is 3.35. The third kappa shape index (κ3) is 3.26. The van der Waals surface area contributed by atoms with Crippen molar-refractivity contribution < 1.29 is 4.74 Å². The Morgan fingerprint density at radius 3 is 2.78 bits per heavy atom. The topological polar surface area (TPSA) is 47.0 Å². The quantitative estimate of drug-likeness (QED) is 0.820. The van der Waals surface area contributed by atoms with Gasteiger partial charge in [-0.3, -0.25) is 0 Å². The van der Waals surface area contributed by atoms with Crippen molar-refractivity contribution >= 4 is 55.6 Å². The first-order valence-corrected chi connectivity index (χ1v) is 7.24. The lowest BCUT2D eigenvalue weighted by Crippen LogP contribution is -1.95. The van der Waals surface area contributed by atoms with E-state index in [4.69, 9.17) is 27.9 Å². The van der Waals surface area contributed by atoms with Gasteiger partial charge in [-0.25, -0.2) is 0 Å². The standard InChI is InChI=1S/C10H8BrCl2N3OS/c1-14-10-16-15-9(18-10)4-17-8-3-6(12)5(11)2-7(8)13/h2-3H,4H2,1H3,(H,14,16). The highest BCUT2D eigenvalue weighted by Crippen LogP contribution is 2.34. The van der Waals surface area contributed by atoms with Gasteiger partial charge in [0, 0.05) is 17.6 Å². The molecule has 0 amide bonds. The van der Waals surface area contributed by atoms with E-state index >= 15 is 0 Å². The van der Waals surface area contributed by atoms with Crippen LogP contribution in [-0.4, -0.2) is 17.2 Å². The minimum absolute atomic E-state index is 0.303. The van der Waals surface area contributed by atoms with E-state index in [-0.39, 0.29) is 0 Å². The molecule has 4 nitrogen and oxygen atoms in total. The zero-order valence-electron chi connectivity index (χ0n) is 9.21. The Hall–Kier alpha value is -0.560. The Balaban J connectivity index is 2.08. The molecule has 0 aliphatic rings. The van der Waals surface area contributed by atoms with Crippen LogP contribution in [0.1, 0.15) is 5.01 Å². The van der Waals surface area contributed by atoms with Crippen LogP contribution in [0.3, 0.4) is 0 Å². The number of nitrogens with zero attached hydrogens (tertiary/aromatic N) is 2. The molecule has 0 aliphatic heterocycles. The number of nitrogens with one attached hydrogen (secondary N) is 1. The van der Waals surface area contributed by atoms with Crippen molar-refractivity contribution in [3.63, 3.8) is 0 Å². The maximum absolute atomic E-state index is 6.04. The van der Waals surface area contributed by atoms with Crippen LogP contribution in [0.15, 0.2) is 16.6 Å². The molecule has 0 unspecified atom stereocenters. The van der Waals surface area contributed by atoms with Gasteiger partial charge in [-0.05, 0) is 22.0 Å². The van der Waals surface area contributed by atoms with Gasteiger partial charge in [0.15, 0.2) is 5.01 Å². The molecule has 2 aromatic rings. The number of anilines is 1. The van der Waals surface area contributed by atoms with Gasteiger partial charge >= 0.3 is 0 Å². The molecule has 2 rings (SSSR count). The number of aromatic nitrogens is 2. The second-order valence-electron chi connectivity index (χ2n) is 3.24. The van der Waals surface area contributed by atoms with E-state index in [9.17, 15) is 0 Å². The predicted octanol–water partition coefficient (Wildman–Crippen LogP) is 4.23. The molecule has 18 heavy (non-hydrogen) atoms. The maximum Gasteiger partial charge on any atom is 0.205 e. The molecule has 1 aromatic heterocycles. The van der Waals surface area contributed by atoms with Crippen molar-refractivity contribution in [3.05, 3.63) is 31.7 Å². The minimum Gasteiger partial charge on any atom is -0.485 e. The molecule has 96 valence electrons. The third-order valence-electron chi connectivity index (χ3n) is 2.01. The number of benzene rings is 1. The lowest BCUT2D eigenvalue weighted by atomic mass is 10.3. The predicted molar refractivity (Wildman–Crippen MR) is 77.9 cm³/mol. The average molecular weight is 369 g/mol. The molecular weight excluding hydrogens is 361 g/mol. The van der Waals surface area contributed by atoms with E-state index in [1.54, 1.807) is 19.2 Å². The molecule has 1 heterocycles. The Kier molecular flexibility index (Phi) is 4.66. The molecule has 0 saturated heterocycles. The van der Waals surface area contributed by atoms with Crippen molar-refractivity contribution in [2.24, 2.45) is 0 Å². The van der Waals surface area contributed by atoms with Gasteiger partial charge in [-0.2, -0.15) is 0 Å². The highest BCUT2D eigenvalue weighted by molar-refractivity contribution is 9.10. The number of ether oxygens (including phenoxy) is 1. The van der Waals surface area contributed by atoms with Crippen LogP contribution < -0.4 is 10.1 Å². The van der Waals surface area contributed by atoms with Crippen molar-refractivity contribution in [2.75, 3.05) is 12.4 Å². The van der Waals surface area contributed by atoms with Gasteiger partial charge in [0.1, 0.15) is 12.4 Å². The monoisotopic (exact) mass is 367 g/mol. The Bertz CT molecular complexity index is 564. The SMILES string of the molecule is CNc1nnc(COc2cc(Cl)c(Br)cc2Cl)s1. The normalized spacial score (nSPS) is 10.4. The highest BCUT2D eigenvalue weighted by atomic mass is 79.9. The molecule has 0 atom stereocenters. The van der Waals surface area contributed by atoms with Crippen LogP contribution in [0.5, 0.6) is 5.75 Å². The molecule has 0 bridgehead atoms. The van der Waals surface area contributed by atoms with Crippen molar-refractivity contribution in [1.82, 2.24) is 10.2 Å². The van der Waals surface area contributed by atoms with E-state index < -0.39 is 0 Å². The fraction of sp³-hybridized carbons (Fsp3) is 0.200. The van der Waals surface area contributed by atoms with Gasteiger partial charge in [0.05, 0.1) is 10.0 Å². The molecule has 0 fully saturated rings. The number of halogens is 3. The molecule has 8 heteroatoms. The number of rotatable bonds is 4. The van der Waals surface area contributed by atoms with Gasteiger partial charge < -0.3 is 10.1 Å². The fourth-order valence-electron chi connectivity index (χ4n) is 1.17. The molecule has 0 aliphatic carbocycles. The van der Waals surface area contributed by atoms with E-state index in [1.807, 2.05) is 0 Å². The summed E-state index contributed by atoms with van der Waals surface area (Å²) in [6.45, 7) is 0.303. The van der Waals surface area contributed by atoms with Crippen LogP contribution >= 0.6 is 50.5 Å². The van der Waals surface area contributed by atoms with Crippen molar-refractivity contribution in [3.8, 4) is 5.75 Å². The number of hydrogen-bond donors (Lipinski definition) is 1. The van der Waals surface area contributed by atoms with Gasteiger partial charge in [0.25, 0.3) is 0 Å². The summed E-state index contributed by atoms with van der Waals surface area (Å²) in [6.07, 6.45) is 0. The first kappa shape index (κ1) is 13.9. The van der Waals surface area contributed by atoms with E-state index in [2.05, 4.69) is 31.4 Å². The van der Waals surface area contributed by atoms with Crippen molar-refractivity contribution in [1.29, 1.82) is 0 Å². The molecule has 0 radical (unpaired) electrons. The second kappa shape index (κ2) is 6.06.